The summed E-state index contributed by atoms with van der Waals surface area (Å²) in [6.07, 6.45) is 1.66. The van der Waals surface area contributed by atoms with Crippen LogP contribution in [0.5, 0.6) is 0 Å². The second kappa shape index (κ2) is 6.86. The lowest BCUT2D eigenvalue weighted by atomic mass is 10.2. The van der Waals surface area contributed by atoms with Crippen LogP contribution in [0.25, 0.3) is 17.1 Å². The maximum absolute atomic E-state index is 13.0. The van der Waals surface area contributed by atoms with E-state index in [4.69, 9.17) is 4.52 Å². The Morgan fingerprint density at radius 1 is 1.04 bits per heavy atom. The van der Waals surface area contributed by atoms with Gasteiger partial charge in [-0.15, -0.1) is 5.10 Å². The van der Waals surface area contributed by atoms with Crippen molar-refractivity contribution in [3.63, 3.8) is 0 Å². The highest BCUT2D eigenvalue weighted by atomic mass is 32.2. The fourth-order valence-electron chi connectivity index (χ4n) is 2.18. The molecular formula is C17H12FN5OS. The van der Waals surface area contributed by atoms with Gasteiger partial charge in [0.05, 0.1) is 11.4 Å². The number of hydrogen-bond acceptors (Lipinski definition) is 6. The molecule has 0 amide bonds. The molecule has 4 rings (SSSR count). The van der Waals surface area contributed by atoms with Gasteiger partial charge in [-0.2, -0.15) is 4.98 Å². The van der Waals surface area contributed by atoms with Gasteiger partial charge in [-0.05, 0) is 36.4 Å². The molecule has 0 aliphatic carbocycles. The average molecular weight is 353 g/mol. The Bertz CT molecular complexity index is 968. The third-order valence-corrected chi connectivity index (χ3v) is 4.22. The molecule has 0 bridgehead atoms. The summed E-state index contributed by atoms with van der Waals surface area (Å²) in [6.45, 7) is 0. The number of thioether (sulfide) groups is 1. The molecule has 0 saturated heterocycles. The summed E-state index contributed by atoms with van der Waals surface area (Å²) in [5.41, 5.74) is 1.64. The summed E-state index contributed by atoms with van der Waals surface area (Å²) < 4.78 is 19.9. The van der Waals surface area contributed by atoms with Crippen LogP contribution >= 0.6 is 11.8 Å². The second-order valence-electron chi connectivity index (χ2n) is 5.11. The molecule has 6 nitrogen and oxygen atoms in total. The molecule has 0 aliphatic rings. The smallest absolute Gasteiger partial charge is 0.237 e. The van der Waals surface area contributed by atoms with Crippen molar-refractivity contribution in [1.29, 1.82) is 0 Å². The van der Waals surface area contributed by atoms with Gasteiger partial charge in [0, 0.05) is 5.56 Å². The topological polar surface area (TPSA) is 69.6 Å². The zero-order valence-corrected chi connectivity index (χ0v) is 13.7. The van der Waals surface area contributed by atoms with Crippen molar-refractivity contribution in [3.8, 4) is 17.1 Å². The minimum Gasteiger partial charge on any atom is -0.338 e. The lowest BCUT2D eigenvalue weighted by Gasteiger charge is -1.97. The van der Waals surface area contributed by atoms with Gasteiger partial charge < -0.3 is 4.52 Å². The molecule has 0 atom stereocenters. The predicted molar refractivity (Wildman–Crippen MR) is 90.6 cm³/mol. The van der Waals surface area contributed by atoms with E-state index in [1.54, 1.807) is 23.1 Å². The van der Waals surface area contributed by atoms with Crippen LogP contribution in [0.4, 0.5) is 4.39 Å². The molecule has 2 aromatic heterocycles. The van der Waals surface area contributed by atoms with Crippen molar-refractivity contribution >= 4 is 11.8 Å². The quantitative estimate of drug-likeness (QED) is 0.509. The van der Waals surface area contributed by atoms with E-state index in [0.717, 1.165) is 5.69 Å². The first-order valence-electron chi connectivity index (χ1n) is 7.46. The molecule has 2 aromatic carbocycles. The van der Waals surface area contributed by atoms with Gasteiger partial charge in [0.15, 0.2) is 0 Å². The van der Waals surface area contributed by atoms with E-state index in [-0.39, 0.29) is 5.82 Å². The van der Waals surface area contributed by atoms with E-state index in [1.807, 2.05) is 30.3 Å². The van der Waals surface area contributed by atoms with Crippen LogP contribution in [-0.4, -0.2) is 24.9 Å². The highest BCUT2D eigenvalue weighted by molar-refractivity contribution is 7.98. The number of rotatable bonds is 5. The maximum atomic E-state index is 13.0. The molecule has 124 valence electrons. The van der Waals surface area contributed by atoms with E-state index in [1.165, 1.54) is 23.9 Å². The zero-order chi connectivity index (χ0) is 17.1. The maximum Gasteiger partial charge on any atom is 0.237 e. The van der Waals surface area contributed by atoms with Gasteiger partial charge in [0.1, 0.15) is 12.1 Å². The number of aromatic nitrogens is 5. The molecule has 0 radical (unpaired) electrons. The van der Waals surface area contributed by atoms with Crippen LogP contribution in [-0.2, 0) is 5.75 Å². The van der Waals surface area contributed by atoms with E-state index < -0.39 is 0 Å². The summed E-state index contributed by atoms with van der Waals surface area (Å²) in [4.78, 5) is 8.57. The number of nitrogens with zero attached hydrogens (tertiary/aromatic N) is 5. The molecule has 25 heavy (non-hydrogen) atoms. The number of hydrogen-bond donors (Lipinski definition) is 0. The fraction of sp³-hybridized carbons (Fsp3) is 0.0588. The van der Waals surface area contributed by atoms with Crippen LogP contribution in [0.2, 0.25) is 0 Å². The summed E-state index contributed by atoms with van der Waals surface area (Å²) >= 11 is 1.40. The third-order valence-electron chi connectivity index (χ3n) is 3.39. The van der Waals surface area contributed by atoms with Crippen molar-refractivity contribution in [3.05, 3.63) is 72.6 Å². The van der Waals surface area contributed by atoms with Crippen LogP contribution in [0.15, 0.2) is 70.6 Å². The summed E-state index contributed by atoms with van der Waals surface area (Å²) in [5.74, 6) is 1.04. The Kier molecular flexibility index (Phi) is 4.26. The van der Waals surface area contributed by atoms with E-state index in [0.29, 0.717) is 28.2 Å². The number of benzene rings is 2. The Morgan fingerprint density at radius 2 is 1.84 bits per heavy atom. The van der Waals surface area contributed by atoms with Gasteiger partial charge in [0.25, 0.3) is 0 Å². The first kappa shape index (κ1) is 15.5. The SMILES string of the molecule is Fc1ccc(-c2noc(CSc3ncn(-c4ccccc4)n3)n2)cc1. The lowest BCUT2D eigenvalue weighted by Crippen LogP contribution is -1.93. The predicted octanol–water partition coefficient (Wildman–Crippen LogP) is 3.75. The van der Waals surface area contributed by atoms with Crippen LogP contribution in [0.3, 0.4) is 0 Å². The van der Waals surface area contributed by atoms with Gasteiger partial charge in [0.2, 0.25) is 16.9 Å². The van der Waals surface area contributed by atoms with Gasteiger partial charge in [-0.3, -0.25) is 0 Å². The third kappa shape index (κ3) is 3.58. The second-order valence-corrected chi connectivity index (χ2v) is 6.06. The number of para-hydroxylation sites is 1. The molecular weight excluding hydrogens is 341 g/mol. The molecule has 0 spiro atoms. The molecule has 0 saturated carbocycles. The molecule has 0 fully saturated rings. The molecule has 2 heterocycles. The highest BCUT2D eigenvalue weighted by Crippen LogP contribution is 2.21. The monoisotopic (exact) mass is 353 g/mol. The number of halogens is 1. The van der Waals surface area contributed by atoms with Crippen molar-refractivity contribution in [2.45, 2.75) is 10.9 Å². The Balaban J connectivity index is 1.42. The van der Waals surface area contributed by atoms with E-state index in [2.05, 4.69) is 20.2 Å². The minimum absolute atomic E-state index is 0.303. The first-order valence-corrected chi connectivity index (χ1v) is 8.45. The molecule has 0 unspecified atom stereocenters. The standard InChI is InChI=1S/C17H12FN5OS/c18-13-8-6-12(7-9-13)16-20-15(24-22-16)10-25-17-19-11-23(21-17)14-4-2-1-3-5-14/h1-9,11H,10H2. The van der Waals surface area contributed by atoms with Crippen molar-refractivity contribution < 1.29 is 8.91 Å². The van der Waals surface area contributed by atoms with Crippen LogP contribution < -0.4 is 0 Å². The van der Waals surface area contributed by atoms with Crippen molar-refractivity contribution in [2.75, 3.05) is 0 Å². The minimum atomic E-state index is -0.303. The van der Waals surface area contributed by atoms with Gasteiger partial charge >= 0.3 is 0 Å². The van der Waals surface area contributed by atoms with E-state index >= 15 is 0 Å². The molecule has 4 aromatic rings. The Morgan fingerprint density at radius 3 is 2.64 bits per heavy atom. The van der Waals surface area contributed by atoms with Crippen molar-refractivity contribution in [2.24, 2.45) is 0 Å². The zero-order valence-electron chi connectivity index (χ0n) is 12.9. The van der Waals surface area contributed by atoms with Crippen molar-refractivity contribution in [1.82, 2.24) is 24.9 Å². The molecule has 0 N–H and O–H groups in total. The summed E-state index contributed by atoms with van der Waals surface area (Å²) in [7, 11) is 0. The first-order chi connectivity index (χ1) is 12.3. The summed E-state index contributed by atoms with van der Waals surface area (Å²) in [6, 6.07) is 15.7. The summed E-state index contributed by atoms with van der Waals surface area (Å²) in [5, 5.41) is 8.94. The van der Waals surface area contributed by atoms with E-state index in [9.17, 15) is 4.39 Å². The normalized spacial score (nSPS) is 10.9. The molecule has 0 aliphatic heterocycles. The van der Waals surface area contributed by atoms with Gasteiger partial charge in [-0.1, -0.05) is 35.1 Å². The Hall–Kier alpha value is -3.00. The molecule has 8 heteroatoms. The fourth-order valence-corrected chi connectivity index (χ4v) is 2.81. The van der Waals surface area contributed by atoms with Crippen LogP contribution in [0.1, 0.15) is 5.89 Å². The van der Waals surface area contributed by atoms with Crippen LogP contribution in [0, 0.1) is 5.82 Å². The highest BCUT2D eigenvalue weighted by Gasteiger charge is 2.11. The Labute approximate surface area is 146 Å². The lowest BCUT2D eigenvalue weighted by molar-refractivity contribution is 0.391. The largest absolute Gasteiger partial charge is 0.338 e. The van der Waals surface area contributed by atoms with Gasteiger partial charge in [-0.25, -0.2) is 14.1 Å². The average Bonchev–Trinajstić information content (AvgIpc) is 3.31.